The molecule has 1 heterocycles. The van der Waals surface area contributed by atoms with Crippen LogP contribution in [0.1, 0.15) is 48.0 Å². The molecule has 0 radical (unpaired) electrons. The average Bonchev–Trinajstić information content (AvgIpc) is 3.44. The van der Waals surface area contributed by atoms with Gasteiger partial charge in [0.2, 0.25) is 15.9 Å². The second-order valence-electron chi connectivity index (χ2n) is 12.2. The van der Waals surface area contributed by atoms with Gasteiger partial charge in [0.15, 0.2) is 0 Å². The van der Waals surface area contributed by atoms with E-state index in [4.69, 9.17) is 5.21 Å². The molecule has 13 nitrogen and oxygen atoms in total. The Hall–Kier alpha value is -3.89. The molecular formula is C33H44N6O7S2. The molecular weight excluding hydrogens is 657 g/mol. The number of carbonyl (C=O) groups is 2. The molecule has 4 atom stereocenters. The number of amides is 3. The van der Waals surface area contributed by atoms with Crippen LogP contribution in [0.25, 0.3) is 0 Å². The van der Waals surface area contributed by atoms with Crippen molar-refractivity contribution in [3.63, 3.8) is 0 Å². The third-order valence-corrected chi connectivity index (χ3v) is 11.0. The number of hydrogen-bond acceptors (Lipinski definition) is 10. The number of nitrogens with zero attached hydrogens (tertiary/aromatic N) is 4. The van der Waals surface area contributed by atoms with E-state index in [2.05, 4.69) is 20.8 Å². The Kier molecular flexibility index (Phi) is 13.1. The molecule has 1 fully saturated rings. The standard InChI is InChI=1S/C33H44N6O7S2/c1-22(40)31(37-33(43)38(3)19-27-21-47-23(2)35-27)32(42)36-29(16-24-8-5-4-6-9-24)30(41)20-39(18-26-10-7-11-26)48(45,46)28-14-12-25(13-15-28)17-34-44/h4-6,8-9,12-15,17,21-22,26,29-31,40-41,44H,7,10-11,16,18-20H2,1-3H3,(H,36,42)(H,37,43)/b34-17+/t22?,29-,30+,31?/m0/s1. The fourth-order valence-electron chi connectivity index (χ4n) is 5.38. The predicted molar refractivity (Wildman–Crippen MR) is 182 cm³/mol. The van der Waals surface area contributed by atoms with Crippen LogP contribution in [0.4, 0.5) is 4.79 Å². The number of aliphatic hydroxyl groups is 2. The summed E-state index contributed by atoms with van der Waals surface area (Å²) in [6.07, 6.45) is 1.43. The van der Waals surface area contributed by atoms with Crippen molar-refractivity contribution in [3.05, 3.63) is 81.8 Å². The predicted octanol–water partition coefficient (Wildman–Crippen LogP) is 2.73. The lowest BCUT2D eigenvalue weighted by atomic mass is 9.85. The van der Waals surface area contributed by atoms with Crippen LogP contribution in [0.5, 0.6) is 0 Å². The molecule has 15 heteroatoms. The molecule has 0 bridgehead atoms. The fourth-order valence-corrected chi connectivity index (χ4v) is 7.52. The minimum atomic E-state index is -4.07. The van der Waals surface area contributed by atoms with Crippen LogP contribution in [-0.4, -0.2) is 101 Å². The third kappa shape index (κ3) is 10.1. The van der Waals surface area contributed by atoms with Crippen LogP contribution in [0.2, 0.25) is 0 Å². The van der Waals surface area contributed by atoms with E-state index in [-0.39, 0.29) is 36.9 Å². The lowest BCUT2D eigenvalue weighted by molar-refractivity contribution is -0.127. The van der Waals surface area contributed by atoms with Crippen LogP contribution in [0.15, 0.2) is 70.0 Å². The van der Waals surface area contributed by atoms with Crippen molar-refractivity contribution < 1.29 is 33.4 Å². The number of aliphatic hydroxyl groups excluding tert-OH is 2. The number of sulfonamides is 1. The average molecular weight is 701 g/mol. The maximum atomic E-state index is 13.9. The normalized spacial score (nSPS) is 16.2. The summed E-state index contributed by atoms with van der Waals surface area (Å²) in [7, 11) is -2.52. The first-order valence-electron chi connectivity index (χ1n) is 15.8. The highest BCUT2D eigenvalue weighted by atomic mass is 32.2. The highest BCUT2D eigenvalue weighted by molar-refractivity contribution is 7.89. The first-order valence-corrected chi connectivity index (χ1v) is 18.1. The molecule has 3 amide bonds. The number of nitrogens with one attached hydrogen (secondary N) is 2. The lowest BCUT2D eigenvalue weighted by Crippen LogP contribution is -2.59. The van der Waals surface area contributed by atoms with Crippen LogP contribution < -0.4 is 10.6 Å². The van der Waals surface area contributed by atoms with Gasteiger partial charge in [-0.05, 0) is 62.3 Å². The van der Waals surface area contributed by atoms with Crippen molar-refractivity contribution in [2.75, 3.05) is 20.1 Å². The lowest BCUT2D eigenvalue weighted by Gasteiger charge is -2.35. The largest absolute Gasteiger partial charge is 0.411 e. The van der Waals surface area contributed by atoms with E-state index in [1.807, 2.05) is 42.6 Å². The number of hydrogen-bond donors (Lipinski definition) is 5. The Labute approximate surface area is 285 Å². The molecule has 3 aromatic rings. The SMILES string of the molecule is Cc1nc(CN(C)C(=O)NC(C(=O)N[C@@H](Cc2ccccc2)[C@H](O)CN(CC2CCC2)S(=O)(=O)c2ccc(/C=N/O)cc2)C(C)O)cs1. The van der Waals surface area contributed by atoms with Crippen LogP contribution in [0.3, 0.4) is 0 Å². The minimum absolute atomic E-state index is 0.0153. The first-order chi connectivity index (χ1) is 22.9. The van der Waals surface area contributed by atoms with Crippen molar-refractivity contribution in [2.24, 2.45) is 11.1 Å². The minimum Gasteiger partial charge on any atom is -0.411 e. The van der Waals surface area contributed by atoms with Gasteiger partial charge < -0.3 is 31.0 Å². The van der Waals surface area contributed by atoms with Gasteiger partial charge in [-0.25, -0.2) is 18.2 Å². The second-order valence-corrected chi connectivity index (χ2v) is 15.2. The third-order valence-electron chi connectivity index (χ3n) is 8.35. The van der Waals surface area contributed by atoms with E-state index in [1.54, 1.807) is 7.05 Å². The zero-order valence-corrected chi connectivity index (χ0v) is 28.9. The molecule has 0 saturated heterocycles. The maximum absolute atomic E-state index is 13.9. The summed E-state index contributed by atoms with van der Waals surface area (Å²) in [6, 6.07) is 12.0. The van der Waals surface area contributed by atoms with E-state index in [0.29, 0.717) is 11.3 Å². The molecule has 1 aliphatic carbocycles. The summed E-state index contributed by atoms with van der Waals surface area (Å²) in [5, 5.41) is 42.0. The highest BCUT2D eigenvalue weighted by Gasteiger charge is 2.35. The molecule has 1 aliphatic rings. The number of aromatic nitrogens is 1. The summed E-state index contributed by atoms with van der Waals surface area (Å²) in [6.45, 7) is 3.32. The maximum Gasteiger partial charge on any atom is 0.318 e. The van der Waals surface area contributed by atoms with Gasteiger partial charge in [0.25, 0.3) is 0 Å². The van der Waals surface area contributed by atoms with E-state index < -0.39 is 46.3 Å². The van der Waals surface area contributed by atoms with E-state index in [9.17, 15) is 28.2 Å². The van der Waals surface area contributed by atoms with E-state index >= 15 is 0 Å². The van der Waals surface area contributed by atoms with E-state index in [1.165, 1.54) is 57.9 Å². The summed E-state index contributed by atoms with van der Waals surface area (Å²) in [4.78, 5) is 32.4. The molecule has 0 aliphatic heterocycles. The van der Waals surface area contributed by atoms with Gasteiger partial charge in [0.05, 0.1) is 46.6 Å². The molecule has 260 valence electrons. The molecule has 2 unspecified atom stereocenters. The second kappa shape index (κ2) is 17.0. The molecule has 5 N–H and O–H groups in total. The Balaban J connectivity index is 1.54. The highest BCUT2D eigenvalue weighted by Crippen LogP contribution is 2.30. The van der Waals surface area contributed by atoms with Crippen LogP contribution in [0, 0.1) is 12.8 Å². The van der Waals surface area contributed by atoms with Crippen molar-refractivity contribution in [1.29, 1.82) is 0 Å². The van der Waals surface area contributed by atoms with Crippen molar-refractivity contribution >= 4 is 39.5 Å². The van der Waals surface area contributed by atoms with Crippen LogP contribution in [-0.2, 0) is 27.8 Å². The molecule has 0 spiro atoms. The molecule has 1 aromatic heterocycles. The molecule has 48 heavy (non-hydrogen) atoms. The molecule has 1 saturated carbocycles. The number of urea groups is 1. The van der Waals surface area contributed by atoms with Crippen LogP contribution >= 0.6 is 11.3 Å². The van der Waals surface area contributed by atoms with Gasteiger partial charge in [0, 0.05) is 25.5 Å². The number of oxime groups is 1. The Morgan fingerprint density at radius 2 is 1.79 bits per heavy atom. The van der Waals surface area contributed by atoms with Crippen molar-refractivity contribution in [1.82, 2.24) is 24.8 Å². The van der Waals surface area contributed by atoms with Gasteiger partial charge in [-0.15, -0.1) is 11.3 Å². The summed E-state index contributed by atoms with van der Waals surface area (Å²) in [5.41, 5.74) is 1.99. The molecule has 4 rings (SSSR count). The number of thiazole rings is 1. The monoisotopic (exact) mass is 700 g/mol. The Morgan fingerprint density at radius 3 is 2.35 bits per heavy atom. The topological polar surface area (TPSA) is 185 Å². The quantitative estimate of drug-likeness (QED) is 0.0858. The fraction of sp³-hybridized carbons (Fsp3) is 0.455. The van der Waals surface area contributed by atoms with Gasteiger partial charge in [0.1, 0.15) is 6.04 Å². The number of carbonyl (C=O) groups excluding carboxylic acids is 2. The number of aryl methyl sites for hydroxylation is 1. The zero-order chi connectivity index (χ0) is 34.8. The number of benzene rings is 2. The Bertz CT molecular complexity index is 1630. The first kappa shape index (κ1) is 36.9. The zero-order valence-electron chi connectivity index (χ0n) is 27.3. The Morgan fingerprint density at radius 1 is 1.10 bits per heavy atom. The smallest absolute Gasteiger partial charge is 0.318 e. The number of rotatable bonds is 16. The summed E-state index contributed by atoms with van der Waals surface area (Å²) >= 11 is 1.45. The van der Waals surface area contributed by atoms with Gasteiger partial charge in [-0.3, -0.25) is 4.79 Å². The van der Waals surface area contributed by atoms with Crippen molar-refractivity contribution in [2.45, 2.75) is 75.3 Å². The van der Waals surface area contributed by atoms with Crippen molar-refractivity contribution in [3.8, 4) is 0 Å². The van der Waals surface area contributed by atoms with Gasteiger partial charge >= 0.3 is 6.03 Å². The molecule has 2 aromatic carbocycles. The van der Waals surface area contributed by atoms with Gasteiger partial charge in [-0.2, -0.15) is 4.31 Å². The van der Waals surface area contributed by atoms with E-state index in [0.717, 1.165) is 29.8 Å². The van der Waals surface area contributed by atoms with Gasteiger partial charge in [-0.1, -0.05) is 54.0 Å². The summed E-state index contributed by atoms with van der Waals surface area (Å²) in [5.74, 6) is -0.597. The summed E-state index contributed by atoms with van der Waals surface area (Å²) < 4.78 is 29.0.